The molecule has 0 spiro atoms. The molecule has 3 heterocycles. The highest BCUT2D eigenvalue weighted by Gasteiger charge is 2.48. The monoisotopic (exact) mass is 650 g/mol. The van der Waals surface area contributed by atoms with E-state index in [1.165, 1.54) is 22.6 Å². The number of fused-ring (bicyclic) bond motifs is 3. The maximum Gasteiger partial charge on any atom is 0.408 e. The summed E-state index contributed by atoms with van der Waals surface area (Å²) in [6.07, 6.45) is -3.45. The number of thioether (sulfide) groups is 1. The van der Waals surface area contributed by atoms with E-state index >= 15 is 0 Å². The van der Waals surface area contributed by atoms with Gasteiger partial charge in [-0.1, -0.05) is 55.8 Å². The Bertz CT molecular complexity index is 1650. The molecule has 1 amide bonds. The van der Waals surface area contributed by atoms with Gasteiger partial charge in [0.2, 0.25) is 18.0 Å². The van der Waals surface area contributed by atoms with Crippen LogP contribution in [0.5, 0.6) is 5.75 Å². The lowest BCUT2D eigenvalue weighted by Crippen LogP contribution is -2.60. The molecule has 2 aromatic carbocycles. The summed E-state index contributed by atoms with van der Waals surface area (Å²) in [4.78, 5) is 40.7. The molecule has 2 N–H and O–H groups in total. The van der Waals surface area contributed by atoms with Crippen molar-refractivity contribution < 1.29 is 32.2 Å². The zero-order valence-electron chi connectivity index (χ0n) is 24.0. The lowest BCUT2D eigenvalue weighted by molar-refractivity contribution is -0.173. The Morgan fingerprint density at radius 3 is 2.50 bits per heavy atom. The Balaban J connectivity index is 1.67. The lowest BCUT2D eigenvalue weighted by atomic mass is 9.94. The first-order chi connectivity index (χ1) is 20.8. The Morgan fingerprint density at radius 1 is 1.09 bits per heavy atom. The van der Waals surface area contributed by atoms with Gasteiger partial charge in [0.05, 0.1) is 6.04 Å². The molecule has 0 bridgehead atoms. The Morgan fingerprint density at radius 2 is 1.80 bits per heavy atom. The van der Waals surface area contributed by atoms with Crippen LogP contribution in [-0.4, -0.2) is 53.2 Å². The summed E-state index contributed by atoms with van der Waals surface area (Å²) < 4.78 is 54.4. The molecular formula is C30H30ClF3N4O5S. The van der Waals surface area contributed by atoms with Crippen LogP contribution in [0.15, 0.2) is 64.4 Å². The third-order valence-electron chi connectivity index (χ3n) is 7.74. The van der Waals surface area contributed by atoms with Crippen molar-refractivity contribution >= 4 is 35.2 Å². The summed E-state index contributed by atoms with van der Waals surface area (Å²) in [5, 5.41) is 2.07. The molecule has 1 aromatic heterocycles. The predicted molar refractivity (Wildman–Crippen MR) is 159 cm³/mol. The summed E-state index contributed by atoms with van der Waals surface area (Å²) >= 11 is 8.17. The lowest BCUT2D eigenvalue weighted by Gasteiger charge is -2.46. The van der Waals surface area contributed by atoms with Crippen LogP contribution in [0.3, 0.4) is 0 Å². The van der Waals surface area contributed by atoms with Gasteiger partial charge in [-0.15, -0.1) is 11.8 Å². The van der Waals surface area contributed by atoms with E-state index in [0.29, 0.717) is 15.7 Å². The molecule has 0 aliphatic carbocycles. The average molecular weight is 651 g/mol. The van der Waals surface area contributed by atoms with Gasteiger partial charge < -0.3 is 20.1 Å². The van der Waals surface area contributed by atoms with E-state index in [2.05, 4.69) is 0 Å². The van der Waals surface area contributed by atoms with E-state index in [-0.39, 0.29) is 5.92 Å². The molecule has 5 rings (SSSR count). The third-order valence-corrected chi connectivity index (χ3v) is 9.21. The van der Waals surface area contributed by atoms with Gasteiger partial charge >= 0.3 is 12.1 Å². The number of esters is 1. The topological polar surface area (TPSA) is 107 Å². The standard InChI is InChI=1S/C30H30ClF3N4O5S/c1-16(2)24(35)29(41)43-15-42-27-22(39)11-12-37-26(27)28(40)36(17(3)30(32,33)34)14-38(37)25-18-8-6-9-21(31)20(18)13-44-23-10-5-4-7-19(23)25/h4-12,16-17,24-25H,13-15,35H2,1-3H3/t17-,24-,25+/m1/s1. The summed E-state index contributed by atoms with van der Waals surface area (Å²) in [6.45, 7) is 3.04. The highest BCUT2D eigenvalue weighted by atomic mass is 35.5. The second kappa shape index (κ2) is 12.4. The third kappa shape index (κ3) is 5.87. The first-order valence-electron chi connectivity index (χ1n) is 13.8. The summed E-state index contributed by atoms with van der Waals surface area (Å²) in [5.74, 6) is -2.18. The Hall–Kier alpha value is -3.68. The van der Waals surface area contributed by atoms with Gasteiger partial charge in [0.25, 0.3) is 5.91 Å². The molecule has 2 aliphatic rings. The number of pyridine rings is 1. The normalized spacial score (nSPS) is 17.8. The first kappa shape index (κ1) is 31.7. The van der Waals surface area contributed by atoms with E-state index in [4.69, 9.17) is 26.8 Å². The number of carbonyl (C=O) groups is 2. The van der Waals surface area contributed by atoms with Crippen molar-refractivity contribution in [1.82, 2.24) is 9.58 Å². The minimum atomic E-state index is -4.78. The SMILES string of the molecule is CC(C)[C@@H](N)C(=O)OCOc1c2n(ccc1=O)N([C@@H]1c3ccccc3SCc3c(Cl)cccc31)CN([C@H](C)C(F)(F)F)C2=O. The molecule has 0 unspecified atom stereocenters. The summed E-state index contributed by atoms with van der Waals surface area (Å²) in [6, 6.07) is 10.1. The van der Waals surface area contributed by atoms with Crippen LogP contribution in [0.1, 0.15) is 54.0 Å². The van der Waals surface area contributed by atoms with Crippen LogP contribution in [0.25, 0.3) is 0 Å². The Kier molecular flexibility index (Phi) is 8.92. The van der Waals surface area contributed by atoms with Crippen molar-refractivity contribution in [3.05, 3.63) is 92.4 Å². The molecule has 234 valence electrons. The number of nitrogens with two attached hydrogens (primary N) is 1. The quantitative estimate of drug-likeness (QED) is 0.279. The van der Waals surface area contributed by atoms with E-state index in [0.717, 1.165) is 34.6 Å². The molecule has 0 saturated carbocycles. The van der Waals surface area contributed by atoms with Gasteiger partial charge in [0.15, 0.2) is 5.69 Å². The smallest absolute Gasteiger partial charge is 0.408 e. The maximum absolute atomic E-state index is 14.2. The largest absolute Gasteiger partial charge is 0.451 e. The number of alkyl halides is 3. The fourth-order valence-corrected chi connectivity index (χ4v) is 6.61. The molecule has 3 atom stereocenters. The van der Waals surface area contributed by atoms with Crippen molar-refractivity contribution in [3.63, 3.8) is 0 Å². The zero-order chi connectivity index (χ0) is 31.9. The number of ether oxygens (including phenoxy) is 2. The summed E-state index contributed by atoms with van der Waals surface area (Å²) in [5.41, 5.74) is 6.89. The van der Waals surface area contributed by atoms with Crippen molar-refractivity contribution in [2.24, 2.45) is 11.7 Å². The molecule has 3 aromatic rings. The zero-order valence-corrected chi connectivity index (χ0v) is 25.6. The van der Waals surface area contributed by atoms with Crippen LogP contribution in [-0.2, 0) is 15.3 Å². The van der Waals surface area contributed by atoms with E-state index in [1.807, 2.05) is 30.3 Å². The highest BCUT2D eigenvalue weighted by molar-refractivity contribution is 7.98. The minimum absolute atomic E-state index is 0.248. The Labute approximate surface area is 260 Å². The van der Waals surface area contributed by atoms with Crippen LogP contribution in [0.4, 0.5) is 13.2 Å². The number of aromatic nitrogens is 1. The molecule has 44 heavy (non-hydrogen) atoms. The number of hydrogen-bond acceptors (Lipinski definition) is 8. The van der Waals surface area contributed by atoms with Crippen molar-refractivity contribution in [1.29, 1.82) is 0 Å². The van der Waals surface area contributed by atoms with Gasteiger partial charge in [-0.3, -0.25) is 24.1 Å². The predicted octanol–water partition coefficient (Wildman–Crippen LogP) is 5.06. The second-order valence-corrected chi connectivity index (χ2v) is 12.2. The second-order valence-electron chi connectivity index (χ2n) is 10.8. The number of halogens is 4. The molecular weight excluding hydrogens is 621 g/mol. The van der Waals surface area contributed by atoms with Gasteiger partial charge in [-0.05, 0) is 41.7 Å². The van der Waals surface area contributed by atoms with Crippen LogP contribution in [0.2, 0.25) is 5.02 Å². The first-order valence-corrected chi connectivity index (χ1v) is 15.1. The molecule has 9 nitrogen and oxygen atoms in total. The molecule has 0 radical (unpaired) electrons. The molecule has 0 saturated heterocycles. The maximum atomic E-state index is 14.2. The van der Waals surface area contributed by atoms with Gasteiger partial charge in [0, 0.05) is 27.9 Å². The average Bonchev–Trinajstić information content (AvgIpc) is 3.15. The fraction of sp³-hybridized carbons (Fsp3) is 0.367. The minimum Gasteiger partial charge on any atom is -0.451 e. The molecule has 14 heteroatoms. The van der Waals surface area contributed by atoms with Gasteiger partial charge in [-0.2, -0.15) is 13.2 Å². The van der Waals surface area contributed by atoms with Crippen LogP contribution >= 0.6 is 23.4 Å². The van der Waals surface area contributed by atoms with Crippen molar-refractivity contribution in [2.45, 2.75) is 55.7 Å². The van der Waals surface area contributed by atoms with E-state index < -0.39 is 66.5 Å². The van der Waals surface area contributed by atoms with Gasteiger partial charge in [0.1, 0.15) is 18.8 Å². The summed E-state index contributed by atoms with van der Waals surface area (Å²) in [7, 11) is 0. The van der Waals surface area contributed by atoms with Gasteiger partial charge in [-0.25, -0.2) is 0 Å². The van der Waals surface area contributed by atoms with E-state index in [1.54, 1.807) is 31.0 Å². The number of carbonyl (C=O) groups excluding carboxylic acids is 2. The van der Waals surface area contributed by atoms with Crippen molar-refractivity contribution in [2.75, 3.05) is 18.5 Å². The van der Waals surface area contributed by atoms with Crippen molar-refractivity contribution in [3.8, 4) is 5.75 Å². The number of rotatable bonds is 7. The van der Waals surface area contributed by atoms with Crippen LogP contribution in [0, 0.1) is 5.92 Å². The highest BCUT2D eigenvalue weighted by Crippen LogP contribution is 2.45. The number of hydrogen-bond donors (Lipinski definition) is 1. The number of nitrogens with zero attached hydrogens (tertiary/aromatic N) is 3. The fourth-order valence-electron chi connectivity index (χ4n) is 5.14. The number of benzene rings is 2. The molecule has 0 fully saturated rings. The van der Waals surface area contributed by atoms with E-state index in [9.17, 15) is 27.6 Å². The van der Waals surface area contributed by atoms with Crippen LogP contribution < -0.4 is 20.9 Å². The molecule has 2 aliphatic heterocycles. The number of amides is 1.